The van der Waals surface area contributed by atoms with Gasteiger partial charge in [-0.25, -0.2) is 17.8 Å². The van der Waals surface area contributed by atoms with Gasteiger partial charge in [-0.05, 0) is 75.4 Å². The Hall–Kier alpha value is -3.80. The first-order valence-corrected chi connectivity index (χ1v) is 15.0. The highest BCUT2D eigenvalue weighted by atomic mass is 32.2. The second-order valence-corrected chi connectivity index (χ2v) is 13.0. The molecule has 2 N–H and O–H groups in total. The zero-order valence-electron chi connectivity index (χ0n) is 23.2. The van der Waals surface area contributed by atoms with E-state index in [0.717, 1.165) is 22.9 Å². The summed E-state index contributed by atoms with van der Waals surface area (Å²) in [5, 5.41) is 10.2. The Bertz CT molecular complexity index is 1530. The second-order valence-electron chi connectivity index (χ2n) is 10.9. The molecule has 0 saturated heterocycles. The highest BCUT2D eigenvalue weighted by Gasteiger charge is 2.33. The molecule has 0 unspecified atom stereocenters. The molecule has 40 heavy (non-hydrogen) atoms. The minimum Gasteiger partial charge on any atom is -0.490 e. The number of hydrogen-bond donors (Lipinski definition) is 2. The van der Waals surface area contributed by atoms with Crippen LogP contribution >= 0.6 is 0 Å². The largest absolute Gasteiger partial charge is 0.490 e. The van der Waals surface area contributed by atoms with Gasteiger partial charge in [0.25, 0.3) is 5.91 Å². The number of halogens is 1. The molecule has 0 saturated carbocycles. The van der Waals surface area contributed by atoms with Gasteiger partial charge in [0.1, 0.15) is 29.3 Å². The van der Waals surface area contributed by atoms with Crippen molar-refractivity contribution in [3.63, 3.8) is 0 Å². The van der Waals surface area contributed by atoms with Crippen LogP contribution in [-0.2, 0) is 27.5 Å². The molecule has 2 aromatic heterocycles. The Morgan fingerprint density at radius 3 is 2.65 bits per heavy atom. The first-order valence-electron chi connectivity index (χ1n) is 12.9. The first kappa shape index (κ1) is 29.2. The number of rotatable bonds is 10. The van der Waals surface area contributed by atoms with E-state index >= 15 is 0 Å². The summed E-state index contributed by atoms with van der Waals surface area (Å²) in [6.07, 6.45) is 4.25. The minimum absolute atomic E-state index is 0.0570. The van der Waals surface area contributed by atoms with E-state index in [9.17, 15) is 22.4 Å². The fraction of sp³-hybridized carbons (Fsp3) is 0.429. The molecule has 2 amide bonds. The van der Waals surface area contributed by atoms with Crippen LogP contribution in [0, 0.1) is 13.8 Å². The molecule has 0 fully saturated rings. The maximum atomic E-state index is 13.9. The summed E-state index contributed by atoms with van der Waals surface area (Å²) in [5.41, 5.74) is 2.21. The lowest BCUT2D eigenvalue weighted by Gasteiger charge is -2.23. The van der Waals surface area contributed by atoms with Crippen molar-refractivity contribution < 1.29 is 27.1 Å². The number of carbonyl (C=O) groups is 2. The number of alkyl halides is 1. The topological polar surface area (TPSA) is 132 Å². The van der Waals surface area contributed by atoms with Gasteiger partial charge >= 0.3 is 0 Å². The van der Waals surface area contributed by atoms with Crippen molar-refractivity contribution in [3.05, 3.63) is 64.5 Å². The number of benzene rings is 1. The number of aryl methyl sites for hydroxylation is 3. The predicted octanol–water partition coefficient (Wildman–Crippen LogP) is 3.28. The fourth-order valence-corrected chi connectivity index (χ4v) is 4.97. The van der Waals surface area contributed by atoms with Gasteiger partial charge in [-0.2, -0.15) is 9.78 Å². The molecular formula is C28H34FN5O5S. The quantitative estimate of drug-likeness (QED) is 0.382. The van der Waals surface area contributed by atoms with Crippen LogP contribution in [0.25, 0.3) is 5.82 Å². The molecule has 4 rings (SSSR count). The molecular weight excluding hydrogens is 537 g/mol. The summed E-state index contributed by atoms with van der Waals surface area (Å²) >= 11 is 0. The third-order valence-electron chi connectivity index (χ3n) is 6.39. The highest BCUT2D eigenvalue weighted by molar-refractivity contribution is 7.91. The van der Waals surface area contributed by atoms with Crippen molar-refractivity contribution in [2.45, 2.75) is 58.7 Å². The summed E-state index contributed by atoms with van der Waals surface area (Å²) in [5.74, 6) is -0.889. The van der Waals surface area contributed by atoms with Gasteiger partial charge in [-0.1, -0.05) is 12.1 Å². The Kier molecular flexibility index (Phi) is 8.29. The zero-order valence-corrected chi connectivity index (χ0v) is 24.1. The van der Waals surface area contributed by atoms with Gasteiger partial charge in [0.05, 0.1) is 5.69 Å². The molecule has 12 heteroatoms. The normalized spacial score (nSPS) is 15.3. The smallest absolute Gasteiger partial charge is 0.257 e. The SMILES string of the molecule is Cc1ccc(-n2nc3c(c2NC(=O)CS(C)(=O)=O)C(=O)N[C@@H](CCc2cc(OCC(C)(C)F)ccc2C)C3)nc1. The maximum absolute atomic E-state index is 13.9. The van der Waals surface area contributed by atoms with Crippen molar-refractivity contribution >= 4 is 27.5 Å². The number of aromatic nitrogens is 3. The van der Waals surface area contributed by atoms with E-state index in [4.69, 9.17) is 4.74 Å². The molecule has 1 aliphatic rings. The van der Waals surface area contributed by atoms with Crippen molar-refractivity contribution in [2.75, 3.05) is 23.9 Å². The van der Waals surface area contributed by atoms with Gasteiger partial charge in [-0.15, -0.1) is 0 Å². The molecule has 214 valence electrons. The molecule has 10 nitrogen and oxygen atoms in total. The highest BCUT2D eigenvalue weighted by Crippen LogP contribution is 2.29. The third kappa shape index (κ3) is 7.44. The van der Waals surface area contributed by atoms with Gasteiger partial charge in [0, 0.05) is 24.9 Å². The number of nitrogens with zero attached hydrogens (tertiary/aromatic N) is 3. The Morgan fingerprint density at radius 1 is 1.25 bits per heavy atom. The molecule has 1 aromatic carbocycles. The Labute approximate surface area is 233 Å². The van der Waals surface area contributed by atoms with E-state index in [1.54, 1.807) is 12.3 Å². The lowest BCUT2D eigenvalue weighted by atomic mass is 9.94. The van der Waals surface area contributed by atoms with Crippen molar-refractivity contribution in [3.8, 4) is 11.6 Å². The van der Waals surface area contributed by atoms with Crippen LogP contribution in [0.1, 0.15) is 53.0 Å². The van der Waals surface area contributed by atoms with Crippen LogP contribution < -0.4 is 15.4 Å². The average Bonchev–Trinajstić information content (AvgIpc) is 3.19. The number of fused-ring (bicyclic) bond motifs is 1. The molecule has 0 radical (unpaired) electrons. The number of ether oxygens (including phenoxy) is 1. The number of anilines is 1. The van der Waals surface area contributed by atoms with Crippen LogP contribution in [0.4, 0.5) is 10.2 Å². The van der Waals surface area contributed by atoms with Crippen molar-refractivity contribution in [1.29, 1.82) is 0 Å². The van der Waals surface area contributed by atoms with E-state index in [1.165, 1.54) is 18.5 Å². The summed E-state index contributed by atoms with van der Waals surface area (Å²) in [6.45, 7) is 6.72. The monoisotopic (exact) mass is 571 g/mol. The van der Waals surface area contributed by atoms with E-state index < -0.39 is 33.1 Å². The average molecular weight is 572 g/mol. The number of hydrogen-bond acceptors (Lipinski definition) is 7. The van der Waals surface area contributed by atoms with Gasteiger partial charge in [0.15, 0.2) is 21.5 Å². The molecule has 0 bridgehead atoms. The van der Waals surface area contributed by atoms with Gasteiger partial charge in [-0.3, -0.25) is 9.59 Å². The van der Waals surface area contributed by atoms with Gasteiger partial charge in [0.2, 0.25) is 5.91 Å². The molecule has 0 aliphatic carbocycles. The number of pyridine rings is 1. The van der Waals surface area contributed by atoms with E-state index in [-0.39, 0.29) is 24.0 Å². The Morgan fingerprint density at radius 2 is 2.00 bits per heavy atom. The van der Waals surface area contributed by atoms with E-state index in [1.807, 2.05) is 38.1 Å². The number of carbonyl (C=O) groups excluding carboxylic acids is 2. The summed E-state index contributed by atoms with van der Waals surface area (Å²) in [4.78, 5) is 30.2. The van der Waals surface area contributed by atoms with Crippen LogP contribution in [0.3, 0.4) is 0 Å². The molecule has 0 spiro atoms. The van der Waals surface area contributed by atoms with Crippen molar-refractivity contribution in [1.82, 2.24) is 20.1 Å². The zero-order chi connectivity index (χ0) is 29.2. The fourth-order valence-electron chi connectivity index (χ4n) is 4.43. The van der Waals surface area contributed by atoms with Crippen LogP contribution in [0.15, 0.2) is 36.5 Å². The molecule has 1 atom stereocenters. The first-order chi connectivity index (χ1) is 18.7. The van der Waals surface area contributed by atoms with Crippen LogP contribution in [0.5, 0.6) is 5.75 Å². The lowest BCUT2D eigenvalue weighted by molar-refractivity contribution is -0.113. The molecule has 3 aromatic rings. The summed E-state index contributed by atoms with van der Waals surface area (Å²) in [6, 6.07) is 8.92. The van der Waals surface area contributed by atoms with Crippen molar-refractivity contribution in [2.24, 2.45) is 0 Å². The minimum atomic E-state index is -3.59. The molecule has 1 aliphatic heterocycles. The standard InChI is InChI=1S/C28H34FN5O5S/c1-17-6-11-23(30-14-17)34-26(32-24(35)15-40(5,37)38)25-22(33-34)13-20(31-27(25)36)9-8-19-12-21(10-7-18(19)2)39-16-28(3,4)29/h6-7,10-12,14,20H,8-9,13,15-16H2,1-5H3,(H,31,36)(H,32,35)/t20-/m0/s1. The summed E-state index contributed by atoms with van der Waals surface area (Å²) < 4.78 is 44.2. The van der Waals surface area contributed by atoms with Gasteiger partial charge < -0.3 is 15.4 Å². The summed E-state index contributed by atoms with van der Waals surface area (Å²) in [7, 11) is -3.59. The lowest BCUT2D eigenvalue weighted by Crippen LogP contribution is -2.41. The number of sulfone groups is 1. The third-order valence-corrected chi connectivity index (χ3v) is 7.18. The van der Waals surface area contributed by atoms with Crippen LogP contribution in [-0.4, -0.2) is 65.3 Å². The van der Waals surface area contributed by atoms with E-state index in [2.05, 4.69) is 20.7 Å². The van der Waals surface area contributed by atoms with E-state index in [0.29, 0.717) is 36.5 Å². The van der Waals surface area contributed by atoms with Crippen LogP contribution in [0.2, 0.25) is 0 Å². The number of amides is 2. The molecule has 3 heterocycles. The maximum Gasteiger partial charge on any atom is 0.257 e. The predicted molar refractivity (Wildman–Crippen MR) is 150 cm³/mol. The Balaban J connectivity index is 1.56. The second kappa shape index (κ2) is 11.4. The number of nitrogens with one attached hydrogen (secondary N) is 2.